The van der Waals surface area contributed by atoms with E-state index in [4.69, 9.17) is 0 Å². The minimum atomic E-state index is 0.744. The highest BCUT2D eigenvalue weighted by Crippen LogP contribution is 2.28. The summed E-state index contributed by atoms with van der Waals surface area (Å²) in [5.41, 5.74) is 1.20. The molecule has 0 amide bonds. The number of pyridine rings is 1. The van der Waals surface area contributed by atoms with E-state index in [2.05, 4.69) is 51.0 Å². The highest BCUT2D eigenvalue weighted by Gasteiger charge is 2.21. The van der Waals surface area contributed by atoms with Crippen molar-refractivity contribution in [1.82, 2.24) is 10.3 Å². The van der Waals surface area contributed by atoms with Crippen LogP contribution in [0.15, 0.2) is 16.7 Å². The second-order valence-electron chi connectivity index (χ2n) is 5.08. The van der Waals surface area contributed by atoms with E-state index < -0.39 is 0 Å². The summed E-state index contributed by atoms with van der Waals surface area (Å²) in [7, 11) is 0. The first-order valence-electron chi connectivity index (χ1n) is 6.78. The van der Waals surface area contributed by atoms with Crippen molar-refractivity contribution < 1.29 is 0 Å². The van der Waals surface area contributed by atoms with Crippen molar-refractivity contribution in [3.63, 3.8) is 0 Å². The highest BCUT2D eigenvalue weighted by molar-refractivity contribution is 9.10. The van der Waals surface area contributed by atoms with Crippen molar-refractivity contribution in [1.29, 1.82) is 0 Å². The van der Waals surface area contributed by atoms with Gasteiger partial charge in [-0.1, -0.05) is 6.92 Å². The Morgan fingerprint density at radius 2 is 2.39 bits per heavy atom. The van der Waals surface area contributed by atoms with Gasteiger partial charge in [-0.25, -0.2) is 4.98 Å². The fourth-order valence-electron chi connectivity index (χ4n) is 2.53. The molecule has 0 aliphatic carbocycles. The summed E-state index contributed by atoms with van der Waals surface area (Å²) in [4.78, 5) is 6.99. The van der Waals surface area contributed by atoms with Gasteiger partial charge in [-0.15, -0.1) is 0 Å². The molecule has 2 rings (SSSR count). The molecule has 1 aliphatic heterocycles. The van der Waals surface area contributed by atoms with E-state index in [1.807, 2.05) is 6.20 Å². The summed E-state index contributed by atoms with van der Waals surface area (Å²) >= 11 is 3.64. The summed E-state index contributed by atoms with van der Waals surface area (Å²) < 4.78 is 1.12. The molecule has 1 aliphatic rings. The Balaban J connectivity index is 2.03. The van der Waals surface area contributed by atoms with Crippen LogP contribution in [0.5, 0.6) is 0 Å². The predicted molar refractivity (Wildman–Crippen MR) is 80.2 cm³/mol. The molecule has 1 aromatic rings. The van der Waals surface area contributed by atoms with E-state index in [1.165, 1.54) is 18.4 Å². The molecule has 1 N–H and O–H groups in total. The molecule has 1 unspecified atom stereocenters. The van der Waals surface area contributed by atoms with E-state index in [0.29, 0.717) is 0 Å². The number of piperidine rings is 1. The molecule has 18 heavy (non-hydrogen) atoms. The van der Waals surface area contributed by atoms with Crippen LogP contribution < -0.4 is 10.2 Å². The number of halogens is 1. The monoisotopic (exact) mass is 311 g/mol. The van der Waals surface area contributed by atoms with Crippen LogP contribution in [0.25, 0.3) is 0 Å². The van der Waals surface area contributed by atoms with E-state index in [9.17, 15) is 0 Å². The van der Waals surface area contributed by atoms with E-state index >= 15 is 0 Å². The fraction of sp³-hybridized carbons (Fsp3) is 0.643. The lowest BCUT2D eigenvalue weighted by Gasteiger charge is -2.34. The van der Waals surface area contributed by atoms with Gasteiger partial charge in [0.2, 0.25) is 0 Å². The second kappa shape index (κ2) is 6.53. The average Bonchev–Trinajstić information content (AvgIpc) is 2.36. The van der Waals surface area contributed by atoms with Gasteiger partial charge in [0.15, 0.2) is 0 Å². The third-order valence-electron chi connectivity index (χ3n) is 3.46. The first kappa shape index (κ1) is 13.8. The lowest BCUT2D eigenvalue weighted by atomic mass is 9.98. The maximum Gasteiger partial charge on any atom is 0.142 e. The third kappa shape index (κ3) is 3.45. The van der Waals surface area contributed by atoms with E-state index in [1.54, 1.807) is 0 Å². The number of rotatable bonds is 4. The Kier molecular flexibility index (Phi) is 5.01. The van der Waals surface area contributed by atoms with Crippen molar-refractivity contribution in [2.75, 3.05) is 31.1 Å². The quantitative estimate of drug-likeness (QED) is 0.926. The maximum atomic E-state index is 4.57. The molecule has 0 bridgehead atoms. The molecule has 1 atom stereocenters. The maximum absolute atomic E-state index is 4.57. The number of nitrogens with one attached hydrogen (secondary N) is 1. The number of hydrogen-bond acceptors (Lipinski definition) is 3. The number of anilines is 1. The van der Waals surface area contributed by atoms with Crippen LogP contribution >= 0.6 is 15.9 Å². The van der Waals surface area contributed by atoms with Crippen LogP contribution in [-0.4, -0.2) is 31.2 Å². The molecule has 0 spiro atoms. The Labute approximate surface area is 118 Å². The van der Waals surface area contributed by atoms with Crippen molar-refractivity contribution >= 4 is 21.7 Å². The third-order valence-corrected chi connectivity index (χ3v) is 4.04. The molecule has 1 aromatic heterocycles. The molecule has 100 valence electrons. The first-order valence-corrected chi connectivity index (χ1v) is 7.57. The normalized spacial score (nSPS) is 20.2. The molecule has 1 fully saturated rings. The summed E-state index contributed by atoms with van der Waals surface area (Å²) in [5, 5.41) is 3.45. The zero-order valence-electron chi connectivity index (χ0n) is 11.2. The summed E-state index contributed by atoms with van der Waals surface area (Å²) in [5.74, 6) is 1.84. The zero-order chi connectivity index (χ0) is 13.0. The van der Waals surface area contributed by atoms with Crippen LogP contribution in [0.2, 0.25) is 0 Å². The van der Waals surface area contributed by atoms with Crippen molar-refractivity contribution in [3.05, 3.63) is 22.3 Å². The van der Waals surface area contributed by atoms with E-state index in [0.717, 1.165) is 42.4 Å². The Morgan fingerprint density at radius 1 is 1.56 bits per heavy atom. The minimum Gasteiger partial charge on any atom is -0.355 e. The number of hydrogen-bond donors (Lipinski definition) is 1. The first-order chi connectivity index (χ1) is 8.70. The van der Waals surface area contributed by atoms with Gasteiger partial charge >= 0.3 is 0 Å². The summed E-state index contributed by atoms with van der Waals surface area (Å²) in [6, 6.07) is 2.15. The molecule has 3 nitrogen and oxygen atoms in total. The van der Waals surface area contributed by atoms with E-state index in [-0.39, 0.29) is 0 Å². The Hall–Kier alpha value is -0.610. The molecule has 0 saturated carbocycles. The molecular formula is C14H22BrN3. The summed E-state index contributed by atoms with van der Waals surface area (Å²) in [6.45, 7) is 8.66. The number of aryl methyl sites for hydroxylation is 1. The Bertz CT molecular complexity index is 395. The lowest BCUT2D eigenvalue weighted by Crippen LogP contribution is -2.40. The van der Waals surface area contributed by atoms with Gasteiger partial charge in [0.05, 0.1) is 4.47 Å². The van der Waals surface area contributed by atoms with Gasteiger partial charge in [-0.3, -0.25) is 0 Å². The number of nitrogens with zero attached hydrogens (tertiary/aromatic N) is 2. The molecule has 0 aromatic carbocycles. The molecule has 4 heteroatoms. The molecular weight excluding hydrogens is 290 g/mol. The largest absolute Gasteiger partial charge is 0.355 e. The molecule has 1 saturated heterocycles. The smallest absolute Gasteiger partial charge is 0.142 e. The van der Waals surface area contributed by atoms with Gasteiger partial charge in [0.25, 0.3) is 0 Å². The van der Waals surface area contributed by atoms with Gasteiger partial charge in [0, 0.05) is 19.3 Å². The predicted octanol–water partition coefficient (Wildman–Crippen LogP) is 2.98. The van der Waals surface area contributed by atoms with Crippen molar-refractivity contribution in [2.45, 2.75) is 26.7 Å². The summed E-state index contributed by atoms with van der Waals surface area (Å²) in [6.07, 6.45) is 4.54. The number of aromatic nitrogens is 1. The van der Waals surface area contributed by atoms with Gasteiger partial charge in [-0.05, 0) is 66.3 Å². The minimum absolute atomic E-state index is 0.744. The van der Waals surface area contributed by atoms with Crippen molar-refractivity contribution in [2.24, 2.45) is 5.92 Å². The van der Waals surface area contributed by atoms with Crippen LogP contribution in [0, 0.1) is 12.8 Å². The SMILES string of the molecule is CCNCC1CCCN(c2ncc(C)cc2Br)C1. The Morgan fingerprint density at radius 3 is 3.11 bits per heavy atom. The van der Waals surface area contributed by atoms with Gasteiger partial charge in [0.1, 0.15) is 5.82 Å². The van der Waals surface area contributed by atoms with Crippen LogP contribution in [0.4, 0.5) is 5.82 Å². The zero-order valence-corrected chi connectivity index (χ0v) is 12.8. The highest BCUT2D eigenvalue weighted by atomic mass is 79.9. The average molecular weight is 312 g/mol. The molecule has 0 radical (unpaired) electrons. The standard InChI is InChI=1S/C14H22BrN3/c1-3-16-9-12-5-4-6-18(10-12)14-13(15)7-11(2)8-17-14/h7-8,12,16H,3-6,9-10H2,1-2H3. The van der Waals surface area contributed by atoms with Gasteiger partial charge in [-0.2, -0.15) is 0 Å². The topological polar surface area (TPSA) is 28.2 Å². The van der Waals surface area contributed by atoms with Gasteiger partial charge < -0.3 is 10.2 Å². The van der Waals surface area contributed by atoms with Crippen LogP contribution in [-0.2, 0) is 0 Å². The second-order valence-corrected chi connectivity index (χ2v) is 5.93. The van der Waals surface area contributed by atoms with Crippen LogP contribution in [0.3, 0.4) is 0 Å². The molecule has 2 heterocycles. The van der Waals surface area contributed by atoms with Crippen LogP contribution in [0.1, 0.15) is 25.3 Å². The van der Waals surface area contributed by atoms with Crippen molar-refractivity contribution in [3.8, 4) is 0 Å². The lowest BCUT2D eigenvalue weighted by molar-refractivity contribution is 0.394. The fourth-order valence-corrected chi connectivity index (χ4v) is 3.25.